The van der Waals surface area contributed by atoms with Gasteiger partial charge in [-0.05, 0) is 45.2 Å². The highest BCUT2D eigenvalue weighted by Gasteiger charge is 2.15. The van der Waals surface area contributed by atoms with Crippen LogP contribution >= 0.6 is 0 Å². The summed E-state index contributed by atoms with van der Waals surface area (Å²) in [4.78, 5) is 7.47. The van der Waals surface area contributed by atoms with Gasteiger partial charge in [0.1, 0.15) is 0 Å². The second-order valence-electron chi connectivity index (χ2n) is 3.87. The Morgan fingerprint density at radius 3 is 2.85 bits per heavy atom. The maximum absolute atomic E-state index is 4.33. The van der Waals surface area contributed by atoms with E-state index in [1.54, 1.807) is 6.33 Å². The third kappa shape index (κ3) is 2.10. The minimum Gasteiger partial charge on any atom is -0.348 e. The maximum Gasteiger partial charge on any atom is 0.0925 e. The molecule has 0 amide bonds. The monoisotopic (exact) mass is 179 g/mol. The third-order valence-electron chi connectivity index (χ3n) is 2.88. The number of imidazole rings is 1. The number of nitrogens with zero attached hydrogens (tertiary/aromatic N) is 1. The summed E-state index contributed by atoms with van der Waals surface area (Å²) < 4.78 is 0. The summed E-state index contributed by atoms with van der Waals surface area (Å²) >= 11 is 0. The molecule has 1 fully saturated rings. The first kappa shape index (κ1) is 8.75. The van der Waals surface area contributed by atoms with Gasteiger partial charge in [0.25, 0.3) is 0 Å². The third-order valence-corrected chi connectivity index (χ3v) is 2.88. The van der Waals surface area contributed by atoms with Crippen molar-refractivity contribution in [3.8, 4) is 0 Å². The molecule has 0 spiro atoms. The van der Waals surface area contributed by atoms with Gasteiger partial charge in [0.2, 0.25) is 0 Å². The van der Waals surface area contributed by atoms with E-state index in [-0.39, 0.29) is 0 Å². The number of aryl methyl sites for hydroxylation is 1. The van der Waals surface area contributed by atoms with E-state index < -0.39 is 0 Å². The molecule has 2 heterocycles. The topological polar surface area (TPSA) is 40.7 Å². The fraction of sp³-hybridized carbons (Fsp3) is 0.700. The van der Waals surface area contributed by atoms with Crippen LogP contribution in [0, 0.1) is 12.8 Å². The predicted molar refractivity (Wildman–Crippen MR) is 52.6 cm³/mol. The summed E-state index contributed by atoms with van der Waals surface area (Å²) in [6.45, 7) is 4.45. The molecular weight excluding hydrogens is 162 g/mol. The van der Waals surface area contributed by atoms with Gasteiger partial charge in [-0.25, -0.2) is 4.98 Å². The summed E-state index contributed by atoms with van der Waals surface area (Å²) in [5.74, 6) is 0.836. The fourth-order valence-electron chi connectivity index (χ4n) is 1.95. The van der Waals surface area contributed by atoms with E-state index in [9.17, 15) is 0 Å². The molecule has 0 atom stereocenters. The highest BCUT2D eigenvalue weighted by Crippen LogP contribution is 2.17. The molecular formula is C10H17N3. The van der Waals surface area contributed by atoms with Crippen molar-refractivity contribution in [1.82, 2.24) is 15.3 Å². The van der Waals surface area contributed by atoms with Gasteiger partial charge >= 0.3 is 0 Å². The molecule has 3 nitrogen and oxygen atoms in total. The first-order valence-corrected chi connectivity index (χ1v) is 5.06. The Kier molecular flexibility index (Phi) is 2.64. The van der Waals surface area contributed by atoms with Crippen LogP contribution in [0.25, 0.3) is 0 Å². The van der Waals surface area contributed by atoms with Crippen LogP contribution in [0.2, 0.25) is 0 Å². The summed E-state index contributed by atoms with van der Waals surface area (Å²) in [5, 5.41) is 3.38. The molecule has 3 heteroatoms. The molecule has 72 valence electrons. The van der Waals surface area contributed by atoms with Crippen LogP contribution in [0.4, 0.5) is 0 Å². The van der Waals surface area contributed by atoms with E-state index in [0.717, 1.165) is 12.3 Å². The molecule has 2 N–H and O–H groups in total. The van der Waals surface area contributed by atoms with E-state index in [4.69, 9.17) is 0 Å². The molecule has 13 heavy (non-hydrogen) atoms. The van der Waals surface area contributed by atoms with Gasteiger partial charge in [0.15, 0.2) is 0 Å². The van der Waals surface area contributed by atoms with Crippen LogP contribution < -0.4 is 5.32 Å². The minimum atomic E-state index is 0.836. The molecule has 1 aromatic heterocycles. The average Bonchev–Trinajstić information content (AvgIpc) is 2.54. The lowest BCUT2D eigenvalue weighted by atomic mass is 9.93. The summed E-state index contributed by atoms with van der Waals surface area (Å²) in [6.07, 6.45) is 5.54. The van der Waals surface area contributed by atoms with Gasteiger partial charge in [-0.3, -0.25) is 0 Å². The molecule has 1 saturated heterocycles. The van der Waals surface area contributed by atoms with Crippen molar-refractivity contribution in [2.24, 2.45) is 5.92 Å². The Labute approximate surface area is 79.0 Å². The van der Waals surface area contributed by atoms with Crippen LogP contribution in [0.15, 0.2) is 6.33 Å². The first-order valence-electron chi connectivity index (χ1n) is 5.06. The van der Waals surface area contributed by atoms with Crippen LogP contribution in [-0.2, 0) is 6.42 Å². The Bertz CT molecular complexity index is 261. The van der Waals surface area contributed by atoms with Crippen LogP contribution in [0.1, 0.15) is 24.2 Å². The molecule has 2 rings (SSSR count). The Balaban J connectivity index is 1.93. The van der Waals surface area contributed by atoms with Crippen molar-refractivity contribution in [2.45, 2.75) is 26.2 Å². The number of H-pyrrole nitrogens is 1. The lowest BCUT2D eigenvalue weighted by Gasteiger charge is -2.21. The van der Waals surface area contributed by atoms with E-state index in [2.05, 4.69) is 22.2 Å². The number of aromatic amines is 1. The van der Waals surface area contributed by atoms with Crippen molar-refractivity contribution in [1.29, 1.82) is 0 Å². The van der Waals surface area contributed by atoms with Crippen LogP contribution in [-0.4, -0.2) is 23.1 Å². The second kappa shape index (κ2) is 3.92. The molecule has 1 aromatic rings. The van der Waals surface area contributed by atoms with Gasteiger partial charge in [-0.2, -0.15) is 0 Å². The van der Waals surface area contributed by atoms with E-state index in [1.807, 2.05) is 0 Å². The van der Waals surface area contributed by atoms with E-state index >= 15 is 0 Å². The van der Waals surface area contributed by atoms with Crippen molar-refractivity contribution >= 4 is 0 Å². The Morgan fingerprint density at radius 2 is 2.23 bits per heavy atom. The molecule has 1 aliphatic heterocycles. The predicted octanol–water partition coefficient (Wildman–Crippen LogP) is 1.26. The Morgan fingerprint density at radius 1 is 1.46 bits per heavy atom. The molecule has 0 saturated carbocycles. The highest BCUT2D eigenvalue weighted by atomic mass is 14.9. The largest absolute Gasteiger partial charge is 0.348 e. The first-order chi connectivity index (χ1) is 6.36. The number of hydrogen-bond donors (Lipinski definition) is 2. The molecule has 0 aromatic carbocycles. The molecule has 0 bridgehead atoms. The number of nitrogens with one attached hydrogen (secondary N) is 2. The van der Waals surface area contributed by atoms with Crippen molar-refractivity contribution in [2.75, 3.05) is 13.1 Å². The van der Waals surface area contributed by atoms with E-state index in [1.165, 1.54) is 37.3 Å². The summed E-state index contributed by atoms with van der Waals surface area (Å²) in [6, 6.07) is 0. The van der Waals surface area contributed by atoms with Gasteiger partial charge in [-0.15, -0.1) is 0 Å². The lowest BCUT2D eigenvalue weighted by molar-refractivity contribution is 0.370. The molecule has 1 aliphatic rings. The normalized spacial score (nSPS) is 19.2. The van der Waals surface area contributed by atoms with Crippen molar-refractivity contribution in [3.63, 3.8) is 0 Å². The van der Waals surface area contributed by atoms with Gasteiger partial charge in [-0.1, -0.05) is 0 Å². The molecule has 0 unspecified atom stereocenters. The van der Waals surface area contributed by atoms with Crippen molar-refractivity contribution in [3.05, 3.63) is 17.7 Å². The zero-order valence-corrected chi connectivity index (χ0v) is 8.14. The Hall–Kier alpha value is -0.830. The SMILES string of the molecule is Cc1[nH]cnc1CC1CCNCC1. The van der Waals surface area contributed by atoms with Crippen LogP contribution in [0.3, 0.4) is 0 Å². The lowest BCUT2D eigenvalue weighted by Crippen LogP contribution is -2.28. The van der Waals surface area contributed by atoms with Gasteiger partial charge in [0.05, 0.1) is 12.0 Å². The number of aromatic nitrogens is 2. The zero-order valence-electron chi connectivity index (χ0n) is 8.14. The molecule has 0 radical (unpaired) electrons. The maximum atomic E-state index is 4.33. The number of piperidine rings is 1. The van der Waals surface area contributed by atoms with Crippen LogP contribution in [0.5, 0.6) is 0 Å². The minimum absolute atomic E-state index is 0.836. The number of hydrogen-bond acceptors (Lipinski definition) is 2. The standard InChI is InChI=1S/C10H17N3/c1-8-10(13-7-12-8)6-9-2-4-11-5-3-9/h7,9,11H,2-6H2,1H3,(H,12,13). The number of rotatable bonds is 2. The van der Waals surface area contributed by atoms with Crippen molar-refractivity contribution < 1.29 is 0 Å². The van der Waals surface area contributed by atoms with Gasteiger partial charge in [0, 0.05) is 5.69 Å². The fourth-order valence-corrected chi connectivity index (χ4v) is 1.95. The molecule has 0 aliphatic carbocycles. The quantitative estimate of drug-likeness (QED) is 0.717. The smallest absolute Gasteiger partial charge is 0.0925 e. The van der Waals surface area contributed by atoms with E-state index in [0.29, 0.717) is 0 Å². The highest BCUT2D eigenvalue weighted by molar-refractivity contribution is 5.09. The van der Waals surface area contributed by atoms with Gasteiger partial charge < -0.3 is 10.3 Å². The summed E-state index contributed by atoms with van der Waals surface area (Å²) in [7, 11) is 0. The second-order valence-corrected chi connectivity index (χ2v) is 3.87. The average molecular weight is 179 g/mol. The summed E-state index contributed by atoms with van der Waals surface area (Å²) in [5.41, 5.74) is 2.49. The zero-order chi connectivity index (χ0) is 9.10.